The number of hydrogen-bond acceptors (Lipinski definition) is 7. The van der Waals surface area contributed by atoms with E-state index in [9.17, 15) is 4.79 Å². The Morgan fingerprint density at radius 3 is 2.28 bits per heavy atom. The lowest BCUT2D eigenvalue weighted by molar-refractivity contribution is -0.132. The topological polar surface area (TPSA) is 85.6 Å². The monoisotopic (exact) mass is 484 g/mol. The van der Waals surface area contributed by atoms with E-state index in [4.69, 9.17) is 19.6 Å². The van der Waals surface area contributed by atoms with Crippen molar-refractivity contribution in [3.63, 3.8) is 0 Å². The van der Waals surface area contributed by atoms with Crippen molar-refractivity contribution in [1.29, 1.82) is 0 Å². The lowest BCUT2D eigenvalue weighted by Crippen LogP contribution is -2.50. The third-order valence-corrected chi connectivity index (χ3v) is 6.25. The van der Waals surface area contributed by atoms with Gasteiger partial charge < -0.3 is 19.3 Å². The summed E-state index contributed by atoms with van der Waals surface area (Å²) in [6.45, 7) is 2.74. The number of rotatable bonds is 7. The SMILES string of the molecule is COc1ccc(-c2nc(-c3ccccc3)n(CC(=O)N3CCN(c4cc(OC)ccn4)CC3)n2)cc1. The van der Waals surface area contributed by atoms with Gasteiger partial charge in [0.15, 0.2) is 11.6 Å². The number of ether oxygens (including phenoxy) is 2. The van der Waals surface area contributed by atoms with Crippen molar-refractivity contribution < 1.29 is 14.3 Å². The number of anilines is 1. The molecule has 0 N–H and O–H groups in total. The van der Waals surface area contributed by atoms with E-state index in [0.717, 1.165) is 28.4 Å². The molecule has 2 aromatic heterocycles. The minimum atomic E-state index is 0.0108. The van der Waals surface area contributed by atoms with Gasteiger partial charge in [-0.2, -0.15) is 0 Å². The van der Waals surface area contributed by atoms with Crippen LogP contribution in [0.15, 0.2) is 72.9 Å². The Morgan fingerprint density at radius 1 is 0.861 bits per heavy atom. The zero-order valence-electron chi connectivity index (χ0n) is 20.4. The fourth-order valence-electron chi connectivity index (χ4n) is 4.23. The number of aromatic nitrogens is 4. The first-order chi connectivity index (χ1) is 17.6. The van der Waals surface area contributed by atoms with Crippen molar-refractivity contribution in [3.05, 3.63) is 72.9 Å². The van der Waals surface area contributed by atoms with Gasteiger partial charge in [-0.3, -0.25) is 4.79 Å². The average Bonchev–Trinajstić information content (AvgIpc) is 3.37. The van der Waals surface area contributed by atoms with Gasteiger partial charge in [-0.15, -0.1) is 5.10 Å². The third-order valence-electron chi connectivity index (χ3n) is 6.25. The zero-order chi connectivity index (χ0) is 24.9. The Kier molecular flexibility index (Phi) is 6.79. The van der Waals surface area contributed by atoms with Crippen LogP contribution in [0.25, 0.3) is 22.8 Å². The summed E-state index contributed by atoms with van der Waals surface area (Å²) in [4.78, 5) is 26.6. The predicted molar refractivity (Wildman–Crippen MR) is 137 cm³/mol. The van der Waals surface area contributed by atoms with Crippen LogP contribution in [0.2, 0.25) is 0 Å². The molecule has 2 aromatic carbocycles. The maximum absolute atomic E-state index is 13.3. The predicted octanol–water partition coefficient (Wildman–Crippen LogP) is 3.37. The number of hydrogen-bond donors (Lipinski definition) is 0. The number of amides is 1. The number of piperazine rings is 1. The van der Waals surface area contributed by atoms with Gasteiger partial charge in [0, 0.05) is 49.6 Å². The van der Waals surface area contributed by atoms with E-state index in [1.807, 2.05) is 71.6 Å². The van der Waals surface area contributed by atoms with Crippen LogP contribution in [0.4, 0.5) is 5.82 Å². The summed E-state index contributed by atoms with van der Waals surface area (Å²) in [5.41, 5.74) is 1.77. The van der Waals surface area contributed by atoms with Crippen molar-refractivity contribution in [3.8, 4) is 34.3 Å². The van der Waals surface area contributed by atoms with Crippen LogP contribution in [-0.2, 0) is 11.3 Å². The van der Waals surface area contributed by atoms with Crippen LogP contribution in [0, 0.1) is 0 Å². The summed E-state index contributed by atoms with van der Waals surface area (Å²) in [6, 6.07) is 21.1. The first-order valence-electron chi connectivity index (χ1n) is 11.8. The van der Waals surface area contributed by atoms with Crippen LogP contribution in [-0.4, -0.2) is 71.0 Å². The van der Waals surface area contributed by atoms with Crippen molar-refractivity contribution in [2.24, 2.45) is 0 Å². The molecule has 0 aliphatic carbocycles. The van der Waals surface area contributed by atoms with Crippen molar-refractivity contribution in [2.45, 2.75) is 6.54 Å². The highest BCUT2D eigenvalue weighted by Gasteiger charge is 2.24. The van der Waals surface area contributed by atoms with Crippen LogP contribution >= 0.6 is 0 Å². The van der Waals surface area contributed by atoms with E-state index >= 15 is 0 Å². The molecule has 4 aromatic rings. The zero-order valence-corrected chi connectivity index (χ0v) is 20.4. The summed E-state index contributed by atoms with van der Waals surface area (Å²) >= 11 is 0. The molecule has 0 radical (unpaired) electrons. The Bertz CT molecular complexity index is 1320. The molecule has 184 valence electrons. The molecule has 0 unspecified atom stereocenters. The molecule has 1 fully saturated rings. The lowest BCUT2D eigenvalue weighted by atomic mass is 10.2. The molecule has 1 amide bonds. The third kappa shape index (κ3) is 5.00. The minimum absolute atomic E-state index is 0.0108. The van der Waals surface area contributed by atoms with Crippen LogP contribution in [0.5, 0.6) is 11.5 Å². The molecule has 36 heavy (non-hydrogen) atoms. The van der Waals surface area contributed by atoms with Crippen molar-refractivity contribution in [2.75, 3.05) is 45.3 Å². The molecule has 9 heteroatoms. The van der Waals surface area contributed by atoms with E-state index in [-0.39, 0.29) is 12.5 Å². The Hall–Kier alpha value is -4.40. The molecule has 0 spiro atoms. The van der Waals surface area contributed by atoms with Gasteiger partial charge in [0.25, 0.3) is 0 Å². The molecular weight excluding hydrogens is 456 g/mol. The van der Waals surface area contributed by atoms with Crippen LogP contribution in [0.3, 0.4) is 0 Å². The number of benzene rings is 2. The molecular formula is C27H28N6O3. The van der Waals surface area contributed by atoms with E-state index in [0.29, 0.717) is 37.8 Å². The molecule has 0 atom stereocenters. The van der Waals surface area contributed by atoms with Gasteiger partial charge in [-0.25, -0.2) is 14.6 Å². The average molecular weight is 485 g/mol. The molecule has 1 saturated heterocycles. The van der Waals surface area contributed by atoms with E-state index in [1.165, 1.54) is 0 Å². The Balaban J connectivity index is 1.33. The van der Waals surface area contributed by atoms with Crippen LogP contribution < -0.4 is 14.4 Å². The molecule has 1 aliphatic heterocycles. The molecule has 0 bridgehead atoms. The lowest BCUT2D eigenvalue weighted by Gasteiger charge is -2.35. The molecule has 1 aliphatic rings. The molecule has 0 saturated carbocycles. The second-order valence-electron chi connectivity index (χ2n) is 8.43. The van der Waals surface area contributed by atoms with E-state index in [2.05, 4.69) is 9.88 Å². The van der Waals surface area contributed by atoms with Crippen molar-refractivity contribution >= 4 is 11.7 Å². The van der Waals surface area contributed by atoms with E-state index < -0.39 is 0 Å². The smallest absolute Gasteiger partial charge is 0.244 e. The van der Waals surface area contributed by atoms with Gasteiger partial charge in [-0.1, -0.05) is 30.3 Å². The number of methoxy groups -OCH3 is 2. The number of carbonyl (C=O) groups excluding carboxylic acids is 1. The molecule has 3 heterocycles. The first-order valence-corrected chi connectivity index (χ1v) is 11.8. The second-order valence-corrected chi connectivity index (χ2v) is 8.43. The summed E-state index contributed by atoms with van der Waals surface area (Å²) in [7, 11) is 3.28. The Labute approximate surface area is 209 Å². The summed E-state index contributed by atoms with van der Waals surface area (Å²) in [5.74, 6) is 3.63. The van der Waals surface area contributed by atoms with Crippen molar-refractivity contribution in [1.82, 2.24) is 24.6 Å². The molecule has 9 nitrogen and oxygen atoms in total. The standard InChI is InChI=1S/C27H28N6O3/c1-35-22-10-8-20(9-11-22)26-29-27(21-6-4-3-5-7-21)33(30-26)19-25(34)32-16-14-31(15-17-32)24-18-23(36-2)12-13-28-24/h3-13,18H,14-17,19H2,1-2H3. The number of pyridine rings is 1. The second kappa shape index (κ2) is 10.5. The summed E-state index contributed by atoms with van der Waals surface area (Å²) in [5, 5.41) is 4.71. The highest BCUT2D eigenvalue weighted by Crippen LogP contribution is 2.25. The largest absolute Gasteiger partial charge is 0.497 e. The molecule has 5 rings (SSSR count). The highest BCUT2D eigenvalue weighted by atomic mass is 16.5. The van der Waals surface area contributed by atoms with E-state index in [1.54, 1.807) is 25.1 Å². The number of carbonyl (C=O) groups is 1. The van der Waals surface area contributed by atoms with Gasteiger partial charge in [0.05, 0.1) is 14.2 Å². The quantitative estimate of drug-likeness (QED) is 0.398. The highest BCUT2D eigenvalue weighted by molar-refractivity contribution is 5.77. The number of nitrogens with zero attached hydrogens (tertiary/aromatic N) is 6. The minimum Gasteiger partial charge on any atom is -0.497 e. The fourth-order valence-corrected chi connectivity index (χ4v) is 4.23. The maximum atomic E-state index is 13.3. The van der Waals surface area contributed by atoms with Crippen LogP contribution in [0.1, 0.15) is 0 Å². The summed E-state index contributed by atoms with van der Waals surface area (Å²) in [6.07, 6.45) is 1.74. The van der Waals surface area contributed by atoms with Gasteiger partial charge >= 0.3 is 0 Å². The first kappa shape index (κ1) is 23.3. The Morgan fingerprint density at radius 2 is 1.58 bits per heavy atom. The van der Waals surface area contributed by atoms with Gasteiger partial charge in [0.2, 0.25) is 5.91 Å². The van der Waals surface area contributed by atoms with Gasteiger partial charge in [0.1, 0.15) is 23.9 Å². The summed E-state index contributed by atoms with van der Waals surface area (Å²) < 4.78 is 12.3. The normalized spacial score (nSPS) is 13.5. The fraction of sp³-hybridized carbons (Fsp3) is 0.259. The maximum Gasteiger partial charge on any atom is 0.244 e. The van der Waals surface area contributed by atoms with Gasteiger partial charge in [-0.05, 0) is 30.3 Å².